The maximum absolute atomic E-state index is 12.7. The Morgan fingerprint density at radius 3 is 2.67 bits per heavy atom. The zero-order valence-electron chi connectivity index (χ0n) is 11.6. The third kappa shape index (κ3) is 1.81. The maximum atomic E-state index is 12.7. The van der Waals surface area contributed by atoms with Crippen molar-refractivity contribution in [1.29, 1.82) is 0 Å². The summed E-state index contributed by atoms with van der Waals surface area (Å²) >= 11 is 0. The van der Waals surface area contributed by atoms with Crippen LogP contribution in [0.4, 0.5) is 5.69 Å². The molecule has 104 valence electrons. The molecule has 0 radical (unpaired) electrons. The number of carbonyl (C=O) groups is 2. The fourth-order valence-electron chi connectivity index (χ4n) is 3.48. The summed E-state index contributed by atoms with van der Waals surface area (Å²) in [6, 6.07) is 15.1. The Morgan fingerprint density at radius 2 is 1.86 bits per heavy atom. The number of benzene rings is 2. The number of Topliss-reactive ketones (excluding diaryl/α,β-unsaturated/α-hetero) is 1. The highest BCUT2D eigenvalue weighted by molar-refractivity contribution is 6.10. The molecule has 0 N–H and O–H groups in total. The lowest BCUT2D eigenvalue weighted by atomic mass is 9.83. The van der Waals surface area contributed by atoms with E-state index < -0.39 is 0 Å². The lowest BCUT2D eigenvalue weighted by molar-refractivity contribution is 0.0968. The normalized spacial score (nSPS) is 19.5. The van der Waals surface area contributed by atoms with Gasteiger partial charge >= 0.3 is 0 Å². The van der Waals surface area contributed by atoms with E-state index in [1.807, 2.05) is 53.4 Å². The molecule has 0 spiro atoms. The molecule has 0 saturated heterocycles. The summed E-state index contributed by atoms with van der Waals surface area (Å²) in [7, 11) is 0. The second-order valence-electron chi connectivity index (χ2n) is 5.68. The molecule has 0 aromatic heterocycles. The number of hydrogen-bond donors (Lipinski definition) is 0. The van der Waals surface area contributed by atoms with Crippen molar-refractivity contribution in [3.05, 3.63) is 65.2 Å². The molecule has 0 saturated carbocycles. The van der Waals surface area contributed by atoms with Crippen LogP contribution in [-0.4, -0.2) is 18.2 Å². The average Bonchev–Trinajstić information content (AvgIpc) is 2.91. The van der Waals surface area contributed by atoms with Crippen molar-refractivity contribution in [2.45, 2.75) is 18.8 Å². The zero-order chi connectivity index (χ0) is 14.4. The summed E-state index contributed by atoms with van der Waals surface area (Å²) in [6.07, 6.45) is 1.44. The van der Waals surface area contributed by atoms with Gasteiger partial charge in [0.1, 0.15) is 0 Å². The number of nitrogens with zero attached hydrogens (tertiary/aromatic N) is 1. The predicted molar refractivity (Wildman–Crippen MR) is 80.9 cm³/mol. The molecular formula is C18H15NO2. The van der Waals surface area contributed by atoms with Crippen molar-refractivity contribution in [1.82, 2.24) is 0 Å². The van der Waals surface area contributed by atoms with Crippen LogP contribution in [0.5, 0.6) is 0 Å². The second-order valence-corrected chi connectivity index (χ2v) is 5.68. The van der Waals surface area contributed by atoms with E-state index >= 15 is 0 Å². The molecule has 1 amide bonds. The topological polar surface area (TPSA) is 37.4 Å². The van der Waals surface area contributed by atoms with E-state index in [0.29, 0.717) is 24.4 Å². The van der Waals surface area contributed by atoms with Gasteiger partial charge in [0, 0.05) is 35.7 Å². The Hall–Kier alpha value is -2.42. The Balaban J connectivity index is 1.79. The van der Waals surface area contributed by atoms with E-state index in [1.165, 1.54) is 0 Å². The third-order valence-electron chi connectivity index (χ3n) is 4.47. The monoisotopic (exact) mass is 277 g/mol. The molecule has 1 aliphatic heterocycles. The van der Waals surface area contributed by atoms with Gasteiger partial charge in [-0.2, -0.15) is 0 Å². The largest absolute Gasteiger partial charge is 0.307 e. The number of hydrogen-bond acceptors (Lipinski definition) is 2. The molecule has 2 aromatic carbocycles. The molecule has 2 aliphatic rings. The van der Waals surface area contributed by atoms with Crippen LogP contribution in [0.2, 0.25) is 0 Å². The minimum Gasteiger partial charge on any atom is -0.307 e. The van der Waals surface area contributed by atoms with E-state index in [1.54, 1.807) is 0 Å². The minimum atomic E-state index is 0.0193. The van der Waals surface area contributed by atoms with Crippen molar-refractivity contribution in [2.24, 2.45) is 0 Å². The van der Waals surface area contributed by atoms with E-state index in [-0.39, 0.29) is 11.7 Å². The van der Waals surface area contributed by atoms with Crippen molar-refractivity contribution in [3.63, 3.8) is 0 Å². The fraction of sp³-hybridized carbons (Fsp3) is 0.222. The van der Waals surface area contributed by atoms with Crippen LogP contribution in [0.15, 0.2) is 48.5 Å². The maximum Gasteiger partial charge on any atom is 0.258 e. The number of anilines is 1. The number of rotatable bonds is 1. The van der Waals surface area contributed by atoms with Crippen LogP contribution in [0.25, 0.3) is 0 Å². The molecular weight excluding hydrogens is 262 g/mol. The van der Waals surface area contributed by atoms with Gasteiger partial charge in [0.05, 0.1) is 0 Å². The highest BCUT2D eigenvalue weighted by Crippen LogP contribution is 2.44. The standard InChI is InChI=1S/C18H15NO2/c20-16-10-9-13-11-19(15-8-4-7-14(16)17(13)15)18(21)12-5-2-1-3-6-12/h1-8,13H,9-11H2. The van der Waals surface area contributed by atoms with Crippen LogP contribution in [-0.2, 0) is 0 Å². The number of carbonyl (C=O) groups excluding carboxylic acids is 2. The lowest BCUT2D eigenvalue weighted by Crippen LogP contribution is -2.29. The van der Waals surface area contributed by atoms with Gasteiger partial charge in [0.25, 0.3) is 5.91 Å². The molecule has 0 fully saturated rings. The van der Waals surface area contributed by atoms with Crippen LogP contribution in [0.1, 0.15) is 45.0 Å². The van der Waals surface area contributed by atoms with E-state index in [9.17, 15) is 9.59 Å². The van der Waals surface area contributed by atoms with Crippen LogP contribution < -0.4 is 4.90 Å². The van der Waals surface area contributed by atoms with E-state index in [4.69, 9.17) is 0 Å². The Morgan fingerprint density at radius 1 is 1.05 bits per heavy atom. The number of ketones is 1. The van der Waals surface area contributed by atoms with Crippen molar-refractivity contribution in [3.8, 4) is 0 Å². The van der Waals surface area contributed by atoms with Gasteiger partial charge in [-0.1, -0.05) is 30.3 Å². The smallest absolute Gasteiger partial charge is 0.258 e. The van der Waals surface area contributed by atoms with Crippen LogP contribution in [0, 0.1) is 0 Å². The highest BCUT2D eigenvalue weighted by atomic mass is 16.2. The van der Waals surface area contributed by atoms with Gasteiger partial charge in [-0.15, -0.1) is 0 Å². The Labute approximate surface area is 123 Å². The van der Waals surface area contributed by atoms with Crippen molar-refractivity contribution < 1.29 is 9.59 Å². The van der Waals surface area contributed by atoms with Crippen LogP contribution in [0.3, 0.4) is 0 Å². The van der Waals surface area contributed by atoms with Gasteiger partial charge < -0.3 is 4.90 Å². The average molecular weight is 277 g/mol. The van der Waals surface area contributed by atoms with Gasteiger partial charge in [-0.3, -0.25) is 9.59 Å². The van der Waals surface area contributed by atoms with E-state index in [0.717, 1.165) is 23.2 Å². The molecule has 21 heavy (non-hydrogen) atoms. The SMILES string of the molecule is O=C1CCC2CN(C(=O)c3ccccc3)c3cccc1c32. The van der Waals surface area contributed by atoms with Gasteiger partial charge in [-0.25, -0.2) is 0 Å². The summed E-state index contributed by atoms with van der Waals surface area (Å²) in [4.78, 5) is 26.6. The molecule has 1 atom stereocenters. The highest BCUT2D eigenvalue weighted by Gasteiger charge is 2.38. The van der Waals surface area contributed by atoms with Crippen molar-refractivity contribution >= 4 is 17.4 Å². The first kappa shape index (κ1) is 12.3. The summed E-state index contributed by atoms with van der Waals surface area (Å²) in [6.45, 7) is 0.688. The lowest BCUT2D eigenvalue weighted by Gasteiger charge is -2.18. The minimum absolute atomic E-state index is 0.0193. The Bertz CT molecular complexity index is 736. The molecule has 0 bridgehead atoms. The molecule has 1 aliphatic carbocycles. The van der Waals surface area contributed by atoms with Gasteiger partial charge in [0.2, 0.25) is 0 Å². The fourth-order valence-corrected chi connectivity index (χ4v) is 3.48. The summed E-state index contributed by atoms with van der Waals surface area (Å²) in [5.41, 5.74) is 3.50. The first-order valence-corrected chi connectivity index (χ1v) is 7.29. The molecule has 2 aromatic rings. The predicted octanol–water partition coefficient (Wildman–Crippen LogP) is 3.41. The molecule has 1 unspecified atom stereocenters. The number of amides is 1. The first-order valence-electron chi connectivity index (χ1n) is 7.29. The van der Waals surface area contributed by atoms with Gasteiger partial charge in [-0.05, 0) is 30.2 Å². The summed E-state index contributed by atoms with van der Waals surface area (Å²) in [5.74, 6) is 0.532. The molecule has 3 heteroatoms. The first-order chi connectivity index (χ1) is 10.3. The van der Waals surface area contributed by atoms with Gasteiger partial charge in [0.15, 0.2) is 5.78 Å². The molecule has 1 heterocycles. The quantitative estimate of drug-likeness (QED) is 0.801. The van der Waals surface area contributed by atoms with Crippen molar-refractivity contribution in [2.75, 3.05) is 11.4 Å². The zero-order valence-corrected chi connectivity index (χ0v) is 11.6. The summed E-state index contributed by atoms with van der Waals surface area (Å²) in [5, 5.41) is 0. The molecule has 3 nitrogen and oxygen atoms in total. The van der Waals surface area contributed by atoms with Crippen LogP contribution >= 0.6 is 0 Å². The molecule has 4 rings (SSSR count). The third-order valence-corrected chi connectivity index (χ3v) is 4.47. The summed E-state index contributed by atoms with van der Waals surface area (Å²) < 4.78 is 0. The second kappa shape index (κ2) is 4.55. The Kier molecular flexibility index (Phi) is 2.67. The van der Waals surface area contributed by atoms with E-state index in [2.05, 4.69) is 0 Å².